The highest BCUT2D eigenvalue weighted by Gasteiger charge is 2.22. The molecule has 1 aromatic heterocycles. The smallest absolute Gasteiger partial charge is 0.119 e. The second-order valence-electron chi connectivity index (χ2n) is 4.69. The van der Waals surface area contributed by atoms with Gasteiger partial charge in [0.2, 0.25) is 0 Å². The molecule has 0 fully saturated rings. The second kappa shape index (κ2) is 5.19. The van der Waals surface area contributed by atoms with E-state index in [1.165, 1.54) is 0 Å². The molecule has 0 amide bonds. The predicted molar refractivity (Wildman–Crippen MR) is 72.5 cm³/mol. The van der Waals surface area contributed by atoms with E-state index in [1.807, 2.05) is 49.5 Å². The molecule has 0 aliphatic rings. The minimum absolute atomic E-state index is 0.433. The Morgan fingerprint density at radius 1 is 1.28 bits per heavy atom. The van der Waals surface area contributed by atoms with Crippen molar-refractivity contribution in [2.24, 2.45) is 5.73 Å². The van der Waals surface area contributed by atoms with Crippen LogP contribution in [0.4, 0.5) is 0 Å². The number of hydrogen-bond donors (Lipinski definition) is 1. The Labute approximate surface area is 108 Å². The van der Waals surface area contributed by atoms with Crippen molar-refractivity contribution in [3.05, 3.63) is 59.9 Å². The SMILES string of the molecule is COc1cccc(C(C)(N)Cc2cccnc2)c1. The Balaban J connectivity index is 2.24. The number of pyridine rings is 1. The Kier molecular flexibility index (Phi) is 3.63. The first-order valence-corrected chi connectivity index (χ1v) is 5.94. The summed E-state index contributed by atoms with van der Waals surface area (Å²) in [5.41, 5.74) is 8.17. The van der Waals surface area contributed by atoms with E-state index >= 15 is 0 Å². The van der Waals surface area contributed by atoms with Gasteiger partial charge in [0.25, 0.3) is 0 Å². The Bertz CT molecular complexity index is 509. The second-order valence-corrected chi connectivity index (χ2v) is 4.69. The summed E-state index contributed by atoms with van der Waals surface area (Å²) in [4.78, 5) is 4.12. The van der Waals surface area contributed by atoms with Gasteiger partial charge >= 0.3 is 0 Å². The van der Waals surface area contributed by atoms with Crippen LogP contribution in [0.5, 0.6) is 5.75 Å². The maximum atomic E-state index is 6.41. The monoisotopic (exact) mass is 242 g/mol. The van der Waals surface area contributed by atoms with Crippen molar-refractivity contribution in [2.45, 2.75) is 18.9 Å². The fourth-order valence-electron chi connectivity index (χ4n) is 2.01. The van der Waals surface area contributed by atoms with E-state index in [9.17, 15) is 0 Å². The molecule has 2 rings (SSSR count). The Hall–Kier alpha value is -1.87. The maximum absolute atomic E-state index is 6.41. The average molecular weight is 242 g/mol. The quantitative estimate of drug-likeness (QED) is 0.896. The third-order valence-electron chi connectivity index (χ3n) is 3.02. The lowest BCUT2D eigenvalue weighted by atomic mass is 9.87. The zero-order valence-electron chi connectivity index (χ0n) is 10.8. The lowest BCUT2D eigenvalue weighted by Gasteiger charge is -2.25. The molecule has 0 radical (unpaired) electrons. The summed E-state index contributed by atoms with van der Waals surface area (Å²) in [6.07, 6.45) is 4.36. The molecular weight excluding hydrogens is 224 g/mol. The van der Waals surface area contributed by atoms with Gasteiger partial charge in [-0.05, 0) is 42.7 Å². The minimum Gasteiger partial charge on any atom is -0.497 e. The zero-order valence-corrected chi connectivity index (χ0v) is 10.8. The van der Waals surface area contributed by atoms with Gasteiger partial charge in [-0.25, -0.2) is 0 Å². The van der Waals surface area contributed by atoms with Gasteiger partial charge in [0.1, 0.15) is 5.75 Å². The van der Waals surface area contributed by atoms with E-state index in [-0.39, 0.29) is 0 Å². The van der Waals surface area contributed by atoms with Crippen molar-refractivity contribution in [1.29, 1.82) is 0 Å². The van der Waals surface area contributed by atoms with E-state index in [0.717, 1.165) is 23.3 Å². The van der Waals surface area contributed by atoms with Gasteiger partial charge in [-0.15, -0.1) is 0 Å². The number of methoxy groups -OCH3 is 1. The standard InChI is InChI=1S/C15H18N2O/c1-15(16,10-12-5-4-8-17-11-12)13-6-3-7-14(9-13)18-2/h3-9,11H,10,16H2,1-2H3. The summed E-state index contributed by atoms with van der Waals surface area (Å²) < 4.78 is 5.23. The van der Waals surface area contributed by atoms with Crippen LogP contribution in [0.1, 0.15) is 18.1 Å². The number of nitrogens with two attached hydrogens (primary N) is 1. The molecule has 0 aliphatic carbocycles. The van der Waals surface area contributed by atoms with Gasteiger partial charge in [0, 0.05) is 17.9 Å². The van der Waals surface area contributed by atoms with Crippen molar-refractivity contribution in [2.75, 3.05) is 7.11 Å². The molecular formula is C15H18N2O. The summed E-state index contributed by atoms with van der Waals surface area (Å²) >= 11 is 0. The predicted octanol–water partition coefficient (Wildman–Crippen LogP) is 2.51. The van der Waals surface area contributed by atoms with E-state index in [4.69, 9.17) is 10.5 Å². The molecule has 18 heavy (non-hydrogen) atoms. The molecule has 0 saturated heterocycles. The van der Waals surface area contributed by atoms with Gasteiger partial charge < -0.3 is 10.5 Å². The van der Waals surface area contributed by atoms with E-state index in [2.05, 4.69) is 4.98 Å². The largest absolute Gasteiger partial charge is 0.497 e. The first kappa shape index (κ1) is 12.6. The average Bonchev–Trinajstić information content (AvgIpc) is 2.39. The molecule has 1 aromatic carbocycles. The molecule has 1 unspecified atom stereocenters. The summed E-state index contributed by atoms with van der Waals surface area (Å²) in [6.45, 7) is 2.02. The molecule has 0 spiro atoms. The summed E-state index contributed by atoms with van der Waals surface area (Å²) in [5.74, 6) is 0.829. The summed E-state index contributed by atoms with van der Waals surface area (Å²) in [7, 11) is 1.66. The first-order valence-electron chi connectivity index (χ1n) is 5.94. The topological polar surface area (TPSA) is 48.1 Å². The molecule has 0 aliphatic heterocycles. The van der Waals surface area contributed by atoms with Crippen LogP contribution < -0.4 is 10.5 Å². The number of aromatic nitrogens is 1. The first-order chi connectivity index (χ1) is 8.62. The molecule has 3 nitrogen and oxygen atoms in total. The molecule has 3 heteroatoms. The number of benzene rings is 1. The van der Waals surface area contributed by atoms with Crippen LogP contribution in [0.25, 0.3) is 0 Å². The van der Waals surface area contributed by atoms with E-state index in [1.54, 1.807) is 13.3 Å². The lowest BCUT2D eigenvalue weighted by Crippen LogP contribution is -2.35. The molecule has 1 heterocycles. The molecule has 94 valence electrons. The van der Waals surface area contributed by atoms with Crippen LogP contribution in [0.3, 0.4) is 0 Å². The van der Waals surface area contributed by atoms with Crippen LogP contribution >= 0.6 is 0 Å². The number of nitrogens with zero attached hydrogens (tertiary/aromatic N) is 1. The summed E-state index contributed by atoms with van der Waals surface area (Å²) in [6, 6.07) is 11.9. The van der Waals surface area contributed by atoms with E-state index in [0.29, 0.717) is 0 Å². The lowest BCUT2D eigenvalue weighted by molar-refractivity contribution is 0.410. The Morgan fingerprint density at radius 3 is 2.78 bits per heavy atom. The highest BCUT2D eigenvalue weighted by molar-refractivity contribution is 5.34. The van der Waals surface area contributed by atoms with Gasteiger partial charge in [-0.3, -0.25) is 4.98 Å². The maximum Gasteiger partial charge on any atom is 0.119 e. The van der Waals surface area contributed by atoms with Crippen molar-refractivity contribution in [3.8, 4) is 5.75 Å². The molecule has 1 atom stereocenters. The highest BCUT2D eigenvalue weighted by atomic mass is 16.5. The van der Waals surface area contributed by atoms with Crippen LogP contribution in [-0.2, 0) is 12.0 Å². The third-order valence-corrected chi connectivity index (χ3v) is 3.02. The van der Waals surface area contributed by atoms with Crippen molar-refractivity contribution < 1.29 is 4.74 Å². The fourth-order valence-corrected chi connectivity index (χ4v) is 2.01. The number of rotatable bonds is 4. The van der Waals surface area contributed by atoms with Crippen LogP contribution in [0, 0.1) is 0 Å². The number of hydrogen-bond acceptors (Lipinski definition) is 3. The van der Waals surface area contributed by atoms with Gasteiger partial charge in [0.05, 0.1) is 7.11 Å². The molecule has 0 bridgehead atoms. The van der Waals surface area contributed by atoms with Crippen LogP contribution in [0.15, 0.2) is 48.8 Å². The zero-order chi connectivity index (χ0) is 13.0. The third kappa shape index (κ3) is 2.87. The molecule has 2 aromatic rings. The van der Waals surface area contributed by atoms with Crippen LogP contribution in [-0.4, -0.2) is 12.1 Å². The number of ether oxygens (including phenoxy) is 1. The normalized spacial score (nSPS) is 13.9. The minimum atomic E-state index is -0.433. The summed E-state index contributed by atoms with van der Waals surface area (Å²) in [5, 5.41) is 0. The van der Waals surface area contributed by atoms with Crippen molar-refractivity contribution >= 4 is 0 Å². The van der Waals surface area contributed by atoms with Crippen molar-refractivity contribution in [3.63, 3.8) is 0 Å². The van der Waals surface area contributed by atoms with E-state index < -0.39 is 5.54 Å². The van der Waals surface area contributed by atoms with Gasteiger partial charge in [-0.1, -0.05) is 18.2 Å². The highest BCUT2D eigenvalue weighted by Crippen LogP contribution is 2.25. The Morgan fingerprint density at radius 2 is 2.11 bits per heavy atom. The van der Waals surface area contributed by atoms with Crippen molar-refractivity contribution in [1.82, 2.24) is 4.98 Å². The molecule has 0 saturated carbocycles. The van der Waals surface area contributed by atoms with Gasteiger partial charge in [0.15, 0.2) is 0 Å². The fraction of sp³-hybridized carbons (Fsp3) is 0.267. The van der Waals surface area contributed by atoms with Crippen LogP contribution in [0.2, 0.25) is 0 Å². The molecule has 2 N–H and O–H groups in total. The van der Waals surface area contributed by atoms with Gasteiger partial charge in [-0.2, -0.15) is 0 Å².